The molecule has 2 aliphatic heterocycles. The van der Waals surface area contributed by atoms with E-state index in [9.17, 15) is 4.79 Å². The first-order valence-corrected chi connectivity index (χ1v) is 20.9. The molecular formula is C48H64N4O3. The summed E-state index contributed by atoms with van der Waals surface area (Å²) in [7, 11) is 3.49. The maximum atomic E-state index is 13.5. The second kappa shape index (κ2) is 20.7. The fourth-order valence-corrected chi connectivity index (χ4v) is 9.45. The largest absolute Gasteiger partial charge is 0.496 e. The molecule has 2 heterocycles. The van der Waals surface area contributed by atoms with Crippen LogP contribution in [0, 0.1) is 5.92 Å². The van der Waals surface area contributed by atoms with Crippen LogP contribution in [0.5, 0.6) is 11.5 Å². The minimum atomic E-state index is -0.816. The zero-order valence-corrected chi connectivity index (χ0v) is 33.4. The summed E-state index contributed by atoms with van der Waals surface area (Å²) in [5.74, 6) is 1.72. The first-order chi connectivity index (χ1) is 27.0. The number of aryl methyl sites for hydroxylation is 1. The highest BCUT2D eigenvalue weighted by Gasteiger charge is 2.49. The number of nitrogens with two attached hydrogens (primary N) is 1. The number of carbonyl (C=O) groups is 1. The van der Waals surface area contributed by atoms with Crippen molar-refractivity contribution >= 4 is 5.91 Å². The van der Waals surface area contributed by atoms with Gasteiger partial charge >= 0.3 is 0 Å². The molecule has 4 aromatic carbocycles. The molecule has 4 aromatic rings. The third kappa shape index (κ3) is 10.4. The third-order valence-corrected chi connectivity index (χ3v) is 12.4. The van der Waals surface area contributed by atoms with Gasteiger partial charge in [-0.25, -0.2) is 0 Å². The Balaban J connectivity index is 0.965. The molecule has 1 amide bonds. The number of piperidine rings is 1. The van der Waals surface area contributed by atoms with Gasteiger partial charge in [-0.1, -0.05) is 116 Å². The molecule has 7 heteroatoms. The second-order valence-corrected chi connectivity index (χ2v) is 15.7. The molecule has 0 aromatic heterocycles. The lowest BCUT2D eigenvalue weighted by atomic mass is 9.64. The van der Waals surface area contributed by atoms with Crippen molar-refractivity contribution in [1.29, 1.82) is 0 Å². The lowest BCUT2D eigenvalue weighted by molar-refractivity contribution is -0.123. The maximum absolute atomic E-state index is 13.5. The van der Waals surface area contributed by atoms with Gasteiger partial charge < -0.3 is 25.0 Å². The molecule has 0 saturated carbocycles. The molecule has 2 saturated heterocycles. The van der Waals surface area contributed by atoms with Crippen LogP contribution in [0.15, 0.2) is 109 Å². The van der Waals surface area contributed by atoms with Gasteiger partial charge in [0.15, 0.2) is 0 Å². The molecule has 0 aliphatic carbocycles. The Hall–Kier alpha value is -4.17. The van der Waals surface area contributed by atoms with Gasteiger partial charge in [0.25, 0.3) is 0 Å². The van der Waals surface area contributed by atoms with Crippen molar-refractivity contribution in [2.75, 3.05) is 60.0 Å². The lowest BCUT2D eigenvalue weighted by Gasteiger charge is -2.39. The number of unbranched alkanes of at least 4 members (excludes halogenated alkanes) is 4. The van der Waals surface area contributed by atoms with Crippen LogP contribution in [-0.4, -0.2) is 86.7 Å². The predicted molar refractivity (Wildman–Crippen MR) is 225 cm³/mol. The summed E-state index contributed by atoms with van der Waals surface area (Å²) in [6, 6.07) is 38.1. The van der Waals surface area contributed by atoms with Gasteiger partial charge in [0.05, 0.1) is 19.8 Å². The fourth-order valence-electron chi connectivity index (χ4n) is 9.45. The van der Waals surface area contributed by atoms with Crippen LogP contribution in [-0.2, 0) is 23.2 Å². The molecule has 2 aliphatic rings. The number of hydrogen-bond acceptors (Lipinski definition) is 6. The number of nitrogens with zero attached hydrogens (tertiary/aromatic N) is 3. The summed E-state index contributed by atoms with van der Waals surface area (Å²) in [5.41, 5.74) is 10.1. The van der Waals surface area contributed by atoms with Gasteiger partial charge in [-0.15, -0.1) is 0 Å². The Morgan fingerprint density at radius 2 is 1.22 bits per heavy atom. The fraction of sp³-hybridized carbons (Fsp3) is 0.479. The van der Waals surface area contributed by atoms with E-state index in [1.54, 1.807) is 14.2 Å². The SMILES string of the molecule is COc1cccc(OC)c1CN1CCC(N(CCCCCCCN2CC[C@@H](C(C(N)=O)(c3ccccc3)c3ccccc3)C2)CCCc2ccccc2)CC1. The van der Waals surface area contributed by atoms with Crippen molar-refractivity contribution < 1.29 is 14.3 Å². The van der Waals surface area contributed by atoms with Crippen LogP contribution in [0.25, 0.3) is 0 Å². The van der Waals surface area contributed by atoms with Crippen molar-refractivity contribution in [2.24, 2.45) is 11.7 Å². The highest BCUT2D eigenvalue weighted by Crippen LogP contribution is 2.43. The molecule has 2 fully saturated rings. The Morgan fingerprint density at radius 1 is 0.673 bits per heavy atom. The van der Waals surface area contributed by atoms with Gasteiger partial charge in [-0.2, -0.15) is 0 Å². The van der Waals surface area contributed by atoms with Crippen molar-refractivity contribution in [3.63, 3.8) is 0 Å². The van der Waals surface area contributed by atoms with Crippen molar-refractivity contribution in [3.8, 4) is 11.5 Å². The van der Waals surface area contributed by atoms with E-state index in [0.717, 1.165) is 86.8 Å². The first-order valence-electron chi connectivity index (χ1n) is 20.9. The average molecular weight is 745 g/mol. The number of methoxy groups -OCH3 is 2. The quantitative estimate of drug-likeness (QED) is 0.0866. The lowest BCUT2D eigenvalue weighted by Crippen LogP contribution is -2.49. The van der Waals surface area contributed by atoms with E-state index in [1.807, 2.05) is 54.6 Å². The van der Waals surface area contributed by atoms with Gasteiger partial charge in [0.2, 0.25) is 5.91 Å². The zero-order valence-electron chi connectivity index (χ0n) is 33.4. The number of rotatable bonds is 21. The highest BCUT2D eigenvalue weighted by molar-refractivity contribution is 5.91. The minimum Gasteiger partial charge on any atom is -0.496 e. The van der Waals surface area contributed by atoms with Crippen LogP contribution >= 0.6 is 0 Å². The third-order valence-electron chi connectivity index (χ3n) is 12.4. The average Bonchev–Trinajstić information content (AvgIpc) is 3.70. The number of likely N-dealkylation sites (tertiary alicyclic amines) is 2. The maximum Gasteiger partial charge on any atom is 0.232 e. The van der Waals surface area contributed by atoms with E-state index in [4.69, 9.17) is 15.2 Å². The van der Waals surface area contributed by atoms with Gasteiger partial charge in [0.1, 0.15) is 16.9 Å². The molecule has 294 valence electrons. The monoisotopic (exact) mass is 744 g/mol. The van der Waals surface area contributed by atoms with Crippen LogP contribution in [0.2, 0.25) is 0 Å². The second-order valence-electron chi connectivity index (χ2n) is 15.7. The van der Waals surface area contributed by atoms with Crippen LogP contribution < -0.4 is 15.2 Å². The molecule has 0 radical (unpaired) electrons. The molecule has 0 bridgehead atoms. The van der Waals surface area contributed by atoms with E-state index in [-0.39, 0.29) is 11.8 Å². The summed E-state index contributed by atoms with van der Waals surface area (Å²) < 4.78 is 11.4. The van der Waals surface area contributed by atoms with Crippen molar-refractivity contribution in [2.45, 2.75) is 82.2 Å². The smallest absolute Gasteiger partial charge is 0.232 e. The molecule has 1 atom stereocenters. The topological polar surface area (TPSA) is 71.3 Å². The molecule has 7 nitrogen and oxygen atoms in total. The van der Waals surface area contributed by atoms with E-state index in [1.165, 1.54) is 63.5 Å². The van der Waals surface area contributed by atoms with Crippen LogP contribution in [0.4, 0.5) is 0 Å². The summed E-state index contributed by atoms with van der Waals surface area (Å²) in [6.45, 7) is 8.39. The van der Waals surface area contributed by atoms with Crippen molar-refractivity contribution in [1.82, 2.24) is 14.7 Å². The standard InChI is InChI=1S/C48H64N4O3/c1-54-45-26-17-27-46(55-2)44(45)38-51-35-29-43(30-36-51)52(33-18-21-39-19-9-6-10-20-39)32-16-5-3-4-15-31-50-34-28-42(37-50)48(47(49)53,40-22-11-7-12-23-40)41-24-13-8-14-25-41/h6-14,17,19-20,22-27,42-43H,3-5,15-16,18,21,28-38H2,1-2H3,(H2,49,53)/t42-/m1/s1. The Labute approximate surface area is 330 Å². The molecule has 55 heavy (non-hydrogen) atoms. The van der Waals surface area contributed by atoms with E-state index >= 15 is 0 Å². The minimum absolute atomic E-state index is 0.151. The van der Waals surface area contributed by atoms with Gasteiger partial charge in [0, 0.05) is 19.1 Å². The van der Waals surface area contributed by atoms with E-state index < -0.39 is 5.41 Å². The molecule has 0 unspecified atom stereocenters. The summed E-state index contributed by atoms with van der Waals surface area (Å²) >= 11 is 0. The van der Waals surface area contributed by atoms with Gasteiger partial charge in [-0.3, -0.25) is 9.69 Å². The van der Waals surface area contributed by atoms with Gasteiger partial charge in [-0.05, 0) is 119 Å². The number of primary amides is 1. The highest BCUT2D eigenvalue weighted by atomic mass is 16.5. The van der Waals surface area contributed by atoms with Crippen LogP contribution in [0.1, 0.15) is 80.0 Å². The number of benzene rings is 4. The number of ether oxygens (including phenoxy) is 2. The van der Waals surface area contributed by atoms with Crippen LogP contribution in [0.3, 0.4) is 0 Å². The number of amides is 1. The molecule has 2 N–H and O–H groups in total. The van der Waals surface area contributed by atoms with Crippen molar-refractivity contribution in [3.05, 3.63) is 131 Å². The summed E-state index contributed by atoms with van der Waals surface area (Å²) in [6.07, 6.45) is 12.0. The zero-order chi connectivity index (χ0) is 38.3. The molecule has 6 rings (SSSR count). The summed E-state index contributed by atoms with van der Waals surface area (Å²) in [5, 5.41) is 0. The Morgan fingerprint density at radius 3 is 1.82 bits per heavy atom. The normalized spacial score (nSPS) is 17.1. The summed E-state index contributed by atoms with van der Waals surface area (Å²) in [4.78, 5) is 21.4. The molecule has 0 spiro atoms. The first kappa shape index (κ1) is 40.5. The Kier molecular flexibility index (Phi) is 15.2. The van der Waals surface area contributed by atoms with E-state index in [2.05, 4.69) is 69.3 Å². The Bertz CT molecular complexity index is 1650. The number of hydrogen-bond donors (Lipinski definition) is 1. The molecular weight excluding hydrogens is 681 g/mol. The number of carbonyl (C=O) groups excluding carboxylic acids is 1. The van der Waals surface area contributed by atoms with E-state index in [0.29, 0.717) is 6.04 Å². The predicted octanol–water partition coefficient (Wildman–Crippen LogP) is 8.35.